The zero-order valence-electron chi connectivity index (χ0n) is 10.3. The van der Waals surface area contributed by atoms with Gasteiger partial charge in [0.15, 0.2) is 0 Å². The molecule has 3 rings (SSSR count). The second kappa shape index (κ2) is 4.46. The maximum absolute atomic E-state index is 4.56. The number of likely N-dealkylation sites (tertiary alicyclic amines) is 1. The topological polar surface area (TPSA) is 16.1 Å². The zero-order chi connectivity index (χ0) is 11.7. The fourth-order valence-corrected chi connectivity index (χ4v) is 2.77. The normalized spacial score (nSPS) is 21.8. The van der Waals surface area contributed by atoms with Gasteiger partial charge < -0.3 is 0 Å². The van der Waals surface area contributed by atoms with Crippen molar-refractivity contribution in [1.82, 2.24) is 9.88 Å². The summed E-state index contributed by atoms with van der Waals surface area (Å²) >= 11 is 0. The molecule has 1 aromatic heterocycles. The summed E-state index contributed by atoms with van der Waals surface area (Å²) in [5.74, 6) is 0. The number of benzene rings is 1. The Morgan fingerprint density at radius 3 is 3.00 bits per heavy atom. The second-order valence-corrected chi connectivity index (χ2v) is 4.95. The number of para-hydroxylation sites is 1. The summed E-state index contributed by atoms with van der Waals surface area (Å²) in [6.45, 7) is 1.21. The number of piperidine rings is 1. The van der Waals surface area contributed by atoms with Gasteiger partial charge in [-0.25, -0.2) is 0 Å². The summed E-state index contributed by atoms with van der Waals surface area (Å²) in [6, 6.07) is 11.2. The maximum atomic E-state index is 4.56. The van der Waals surface area contributed by atoms with Crippen LogP contribution in [0, 0.1) is 0 Å². The van der Waals surface area contributed by atoms with E-state index in [2.05, 4.69) is 47.4 Å². The lowest BCUT2D eigenvalue weighted by Gasteiger charge is -2.32. The molecule has 0 bridgehead atoms. The van der Waals surface area contributed by atoms with Crippen molar-refractivity contribution >= 4 is 10.9 Å². The van der Waals surface area contributed by atoms with Crippen LogP contribution >= 0.6 is 0 Å². The first-order chi connectivity index (χ1) is 8.34. The van der Waals surface area contributed by atoms with Gasteiger partial charge in [0.1, 0.15) is 0 Å². The van der Waals surface area contributed by atoms with E-state index in [0.717, 1.165) is 5.52 Å². The van der Waals surface area contributed by atoms with Crippen LogP contribution in [0.15, 0.2) is 36.5 Å². The number of fused-ring (bicyclic) bond motifs is 1. The molecule has 0 unspecified atom stereocenters. The first kappa shape index (κ1) is 10.7. The minimum atomic E-state index is 0.556. The highest BCUT2D eigenvalue weighted by atomic mass is 15.1. The standard InChI is InChI=1S/C15H18N2/c1-17-9-5-4-8-15(17)13-10-12-6-2-3-7-14(12)16-11-13/h2-3,6-7,10-11,15H,4-5,8-9H2,1H3/t15-/m1/s1. The SMILES string of the molecule is CN1CCCC[C@@H]1c1cnc2ccccc2c1. The molecule has 1 atom stereocenters. The Morgan fingerprint density at radius 1 is 1.24 bits per heavy atom. The van der Waals surface area contributed by atoms with Crippen molar-refractivity contribution in [2.45, 2.75) is 25.3 Å². The van der Waals surface area contributed by atoms with Gasteiger partial charge in [-0.2, -0.15) is 0 Å². The van der Waals surface area contributed by atoms with Crippen LogP contribution in [0.5, 0.6) is 0 Å². The first-order valence-corrected chi connectivity index (χ1v) is 6.39. The van der Waals surface area contributed by atoms with E-state index in [1.165, 1.54) is 36.8 Å². The van der Waals surface area contributed by atoms with Crippen molar-refractivity contribution in [2.75, 3.05) is 13.6 Å². The van der Waals surface area contributed by atoms with E-state index in [0.29, 0.717) is 6.04 Å². The Balaban J connectivity index is 1.99. The molecule has 1 fully saturated rings. The van der Waals surface area contributed by atoms with Crippen LogP contribution in [0.3, 0.4) is 0 Å². The lowest BCUT2D eigenvalue weighted by molar-refractivity contribution is 0.187. The molecule has 1 aromatic carbocycles. The third-order valence-corrected chi connectivity index (χ3v) is 3.77. The van der Waals surface area contributed by atoms with E-state index in [1.807, 2.05) is 6.07 Å². The molecule has 88 valence electrons. The molecule has 0 N–H and O–H groups in total. The summed E-state index contributed by atoms with van der Waals surface area (Å²) in [7, 11) is 2.22. The molecule has 2 aromatic rings. The number of nitrogens with zero attached hydrogens (tertiary/aromatic N) is 2. The summed E-state index contributed by atoms with van der Waals surface area (Å²) in [5.41, 5.74) is 2.46. The second-order valence-electron chi connectivity index (χ2n) is 4.95. The number of pyridine rings is 1. The Morgan fingerprint density at radius 2 is 2.12 bits per heavy atom. The van der Waals surface area contributed by atoms with E-state index in [4.69, 9.17) is 0 Å². The number of hydrogen-bond acceptors (Lipinski definition) is 2. The largest absolute Gasteiger partial charge is 0.299 e. The lowest BCUT2D eigenvalue weighted by Crippen LogP contribution is -2.29. The third kappa shape index (κ3) is 2.05. The van der Waals surface area contributed by atoms with Crippen LogP contribution in [0.4, 0.5) is 0 Å². The molecule has 0 amide bonds. The highest BCUT2D eigenvalue weighted by Gasteiger charge is 2.20. The van der Waals surface area contributed by atoms with Gasteiger partial charge in [-0.15, -0.1) is 0 Å². The quantitative estimate of drug-likeness (QED) is 0.741. The van der Waals surface area contributed by atoms with Gasteiger partial charge in [0.2, 0.25) is 0 Å². The molecule has 0 spiro atoms. The summed E-state index contributed by atoms with van der Waals surface area (Å²) in [4.78, 5) is 7.02. The van der Waals surface area contributed by atoms with Crippen molar-refractivity contribution in [3.05, 3.63) is 42.1 Å². The molecule has 1 aliphatic heterocycles. The molecule has 0 saturated carbocycles. The van der Waals surface area contributed by atoms with Gasteiger partial charge >= 0.3 is 0 Å². The summed E-state index contributed by atoms with van der Waals surface area (Å²) in [5, 5.41) is 1.25. The van der Waals surface area contributed by atoms with Crippen LogP contribution in [0.25, 0.3) is 10.9 Å². The van der Waals surface area contributed by atoms with Gasteiger partial charge in [-0.05, 0) is 44.1 Å². The van der Waals surface area contributed by atoms with Gasteiger partial charge in [0.25, 0.3) is 0 Å². The van der Waals surface area contributed by atoms with E-state index >= 15 is 0 Å². The molecule has 2 heterocycles. The first-order valence-electron chi connectivity index (χ1n) is 6.39. The molecule has 0 aliphatic carbocycles. The van der Waals surface area contributed by atoms with Crippen LogP contribution in [-0.2, 0) is 0 Å². The van der Waals surface area contributed by atoms with Gasteiger partial charge in [-0.3, -0.25) is 9.88 Å². The van der Waals surface area contributed by atoms with Crippen LogP contribution in [0.2, 0.25) is 0 Å². The molecule has 17 heavy (non-hydrogen) atoms. The molecule has 1 aliphatic rings. The molecule has 2 nitrogen and oxygen atoms in total. The number of rotatable bonds is 1. The molecule has 0 radical (unpaired) electrons. The van der Waals surface area contributed by atoms with Gasteiger partial charge in [0.05, 0.1) is 5.52 Å². The average Bonchev–Trinajstić information content (AvgIpc) is 2.39. The van der Waals surface area contributed by atoms with Crippen LogP contribution < -0.4 is 0 Å². The third-order valence-electron chi connectivity index (χ3n) is 3.77. The minimum absolute atomic E-state index is 0.556. The zero-order valence-corrected chi connectivity index (χ0v) is 10.3. The van der Waals surface area contributed by atoms with Crippen LogP contribution in [-0.4, -0.2) is 23.5 Å². The summed E-state index contributed by atoms with van der Waals surface area (Å²) < 4.78 is 0. The minimum Gasteiger partial charge on any atom is -0.299 e. The van der Waals surface area contributed by atoms with Crippen molar-refractivity contribution in [3.63, 3.8) is 0 Å². The van der Waals surface area contributed by atoms with E-state index in [1.54, 1.807) is 0 Å². The highest BCUT2D eigenvalue weighted by molar-refractivity contribution is 5.78. The van der Waals surface area contributed by atoms with Crippen molar-refractivity contribution < 1.29 is 0 Å². The smallest absolute Gasteiger partial charge is 0.0702 e. The predicted octanol–water partition coefficient (Wildman–Crippen LogP) is 3.39. The van der Waals surface area contributed by atoms with Crippen molar-refractivity contribution in [2.24, 2.45) is 0 Å². The molecule has 2 heteroatoms. The Bertz CT molecular complexity index is 521. The fourth-order valence-electron chi connectivity index (χ4n) is 2.77. The van der Waals surface area contributed by atoms with E-state index < -0.39 is 0 Å². The summed E-state index contributed by atoms with van der Waals surface area (Å²) in [6.07, 6.45) is 5.97. The number of hydrogen-bond donors (Lipinski definition) is 0. The van der Waals surface area contributed by atoms with Gasteiger partial charge in [0, 0.05) is 17.6 Å². The predicted molar refractivity (Wildman–Crippen MR) is 71.0 cm³/mol. The Labute approximate surface area is 102 Å². The lowest BCUT2D eigenvalue weighted by atomic mass is 9.96. The fraction of sp³-hybridized carbons (Fsp3) is 0.400. The average molecular weight is 226 g/mol. The van der Waals surface area contributed by atoms with Crippen molar-refractivity contribution in [1.29, 1.82) is 0 Å². The van der Waals surface area contributed by atoms with Crippen molar-refractivity contribution in [3.8, 4) is 0 Å². The number of aromatic nitrogens is 1. The monoisotopic (exact) mass is 226 g/mol. The Hall–Kier alpha value is -1.41. The van der Waals surface area contributed by atoms with Crippen LogP contribution in [0.1, 0.15) is 30.9 Å². The molecular formula is C15H18N2. The highest BCUT2D eigenvalue weighted by Crippen LogP contribution is 2.30. The van der Waals surface area contributed by atoms with E-state index in [9.17, 15) is 0 Å². The maximum Gasteiger partial charge on any atom is 0.0702 e. The van der Waals surface area contributed by atoms with Gasteiger partial charge in [-0.1, -0.05) is 24.6 Å². The van der Waals surface area contributed by atoms with E-state index in [-0.39, 0.29) is 0 Å². The Kier molecular flexibility index (Phi) is 2.81. The molecular weight excluding hydrogens is 208 g/mol. The molecule has 1 saturated heterocycles.